The Kier molecular flexibility index (Phi) is 4.92. The van der Waals surface area contributed by atoms with E-state index in [-0.39, 0.29) is 10.8 Å². The molecule has 1 aliphatic heterocycles. The van der Waals surface area contributed by atoms with Gasteiger partial charge in [-0.3, -0.25) is 9.52 Å². The third kappa shape index (κ3) is 4.09. The zero-order valence-electron chi connectivity index (χ0n) is 15.4. The molecule has 142 valence electrons. The minimum atomic E-state index is -3.86. The molecule has 0 aromatic heterocycles. The first kappa shape index (κ1) is 19.2. The summed E-state index contributed by atoms with van der Waals surface area (Å²) in [4.78, 5) is 12.3. The number of carbonyl (C=O) groups excluding carboxylic acids is 1. The van der Waals surface area contributed by atoms with Crippen LogP contribution < -0.4 is 10.0 Å². The number of benzene rings is 2. The van der Waals surface area contributed by atoms with Crippen LogP contribution in [0.25, 0.3) is 0 Å². The van der Waals surface area contributed by atoms with E-state index in [4.69, 9.17) is 0 Å². The summed E-state index contributed by atoms with van der Waals surface area (Å²) in [5.41, 5.74) is 1.96. The van der Waals surface area contributed by atoms with Gasteiger partial charge in [-0.1, -0.05) is 32.9 Å². The van der Waals surface area contributed by atoms with Gasteiger partial charge in [0.1, 0.15) is 16.3 Å². The highest BCUT2D eigenvalue weighted by molar-refractivity contribution is 7.93. The normalized spacial score (nSPS) is 13.0. The SMILES string of the molecule is Cc1ccc(NC(=O)C(C)(C)C)cc1NS(=O)(=O)c1cccc2c1N=S=N2. The van der Waals surface area contributed by atoms with E-state index in [1.807, 2.05) is 20.8 Å². The molecule has 2 aromatic rings. The van der Waals surface area contributed by atoms with Gasteiger partial charge in [0.15, 0.2) is 0 Å². The molecular weight excluding hydrogens is 384 g/mol. The molecule has 2 aromatic carbocycles. The van der Waals surface area contributed by atoms with E-state index in [2.05, 4.69) is 18.8 Å². The van der Waals surface area contributed by atoms with Crippen LogP contribution >= 0.6 is 0 Å². The topological polar surface area (TPSA) is 100.0 Å². The van der Waals surface area contributed by atoms with Crippen molar-refractivity contribution in [3.8, 4) is 0 Å². The Morgan fingerprint density at radius 1 is 1.11 bits per heavy atom. The first-order chi connectivity index (χ1) is 12.6. The van der Waals surface area contributed by atoms with Gasteiger partial charge in [0, 0.05) is 11.1 Å². The Morgan fingerprint density at radius 2 is 1.85 bits per heavy atom. The predicted octanol–water partition coefficient (Wildman–Crippen LogP) is 4.51. The third-order valence-corrected chi connectivity index (χ3v) is 5.90. The van der Waals surface area contributed by atoms with E-state index < -0.39 is 15.4 Å². The summed E-state index contributed by atoms with van der Waals surface area (Å²) in [6.45, 7) is 7.21. The Hall–Kier alpha value is -2.52. The van der Waals surface area contributed by atoms with Crippen LogP contribution in [0.1, 0.15) is 26.3 Å². The van der Waals surface area contributed by atoms with Crippen molar-refractivity contribution in [2.45, 2.75) is 32.6 Å². The van der Waals surface area contributed by atoms with E-state index in [0.717, 1.165) is 16.9 Å². The molecule has 0 unspecified atom stereocenters. The van der Waals surface area contributed by atoms with Crippen LogP contribution in [-0.2, 0) is 26.2 Å². The minimum absolute atomic E-state index is 0.0669. The highest BCUT2D eigenvalue weighted by Gasteiger charge is 2.24. The fraction of sp³-hybridized carbons (Fsp3) is 0.278. The van der Waals surface area contributed by atoms with Gasteiger partial charge in [-0.05, 0) is 36.8 Å². The Balaban J connectivity index is 1.92. The first-order valence-corrected chi connectivity index (χ1v) is 10.5. The van der Waals surface area contributed by atoms with Crippen molar-refractivity contribution < 1.29 is 13.2 Å². The number of hydrogen-bond acceptors (Lipinski definition) is 5. The fourth-order valence-electron chi connectivity index (χ4n) is 2.33. The van der Waals surface area contributed by atoms with Crippen molar-refractivity contribution in [3.63, 3.8) is 0 Å². The molecule has 1 amide bonds. The maximum atomic E-state index is 12.9. The monoisotopic (exact) mass is 404 g/mol. The van der Waals surface area contributed by atoms with Crippen LogP contribution in [-0.4, -0.2) is 14.3 Å². The van der Waals surface area contributed by atoms with Crippen LogP contribution in [0.2, 0.25) is 0 Å². The van der Waals surface area contributed by atoms with E-state index in [1.54, 1.807) is 37.3 Å². The molecule has 0 fully saturated rings. The van der Waals surface area contributed by atoms with E-state index in [1.165, 1.54) is 6.07 Å². The van der Waals surface area contributed by atoms with Gasteiger partial charge in [0.2, 0.25) is 5.91 Å². The second-order valence-electron chi connectivity index (χ2n) is 7.23. The number of nitrogens with zero attached hydrogens (tertiary/aromatic N) is 2. The third-order valence-electron chi connectivity index (χ3n) is 3.96. The number of aryl methyl sites for hydroxylation is 1. The van der Waals surface area contributed by atoms with E-state index in [0.29, 0.717) is 22.7 Å². The average Bonchev–Trinajstić information content (AvgIpc) is 3.05. The van der Waals surface area contributed by atoms with Crippen molar-refractivity contribution >= 4 is 50.0 Å². The van der Waals surface area contributed by atoms with Gasteiger partial charge in [-0.25, -0.2) is 8.42 Å². The molecule has 1 aliphatic rings. The Bertz CT molecular complexity index is 1100. The molecule has 7 nitrogen and oxygen atoms in total. The molecule has 0 radical (unpaired) electrons. The lowest BCUT2D eigenvalue weighted by atomic mass is 9.95. The van der Waals surface area contributed by atoms with Gasteiger partial charge >= 0.3 is 0 Å². The summed E-state index contributed by atoms with van der Waals surface area (Å²) in [5, 5.41) is 2.81. The summed E-state index contributed by atoms with van der Waals surface area (Å²) in [6.07, 6.45) is 0. The molecule has 0 bridgehead atoms. The second kappa shape index (κ2) is 6.90. The summed E-state index contributed by atoms with van der Waals surface area (Å²) >= 11 is 0.964. The molecule has 2 N–H and O–H groups in total. The number of carbonyl (C=O) groups is 1. The number of rotatable bonds is 4. The molecule has 0 aliphatic carbocycles. The van der Waals surface area contributed by atoms with E-state index in [9.17, 15) is 13.2 Å². The van der Waals surface area contributed by atoms with Gasteiger partial charge in [-0.15, -0.1) is 0 Å². The van der Waals surface area contributed by atoms with Crippen molar-refractivity contribution in [1.82, 2.24) is 0 Å². The number of nitrogens with one attached hydrogen (secondary N) is 2. The molecule has 0 saturated heterocycles. The maximum Gasteiger partial charge on any atom is 0.264 e. The lowest BCUT2D eigenvalue weighted by molar-refractivity contribution is -0.123. The Morgan fingerprint density at radius 3 is 2.56 bits per heavy atom. The van der Waals surface area contributed by atoms with Crippen LogP contribution in [0.4, 0.5) is 22.7 Å². The highest BCUT2D eigenvalue weighted by Crippen LogP contribution is 2.38. The molecule has 0 atom stereocenters. The quantitative estimate of drug-likeness (QED) is 0.669. The minimum Gasteiger partial charge on any atom is -0.326 e. The van der Waals surface area contributed by atoms with Crippen LogP contribution in [0.3, 0.4) is 0 Å². The number of sulfonamides is 1. The molecule has 27 heavy (non-hydrogen) atoms. The standard InChI is InChI=1S/C18H20N4O3S2/c1-11-8-9-12(19-17(23)18(2,3)4)10-14(11)22-27(24,25)15-7-5-6-13-16(15)21-26-20-13/h5-10,22H,1-4H3,(H,19,23). The lowest BCUT2D eigenvalue weighted by Gasteiger charge is -2.19. The summed E-state index contributed by atoms with van der Waals surface area (Å²) in [7, 11) is -3.86. The lowest BCUT2D eigenvalue weighted by Crippen LogP contribution is -2.27. The largest absolute Gasteiger partial charge is 0.326 e. The van der Waals surface area contributed by atoms with Crippen molar-refractivity contribution in [2.24, 2.45) is 14.1 Å². The van der Waals surface area contributed by atoms with Crippen LogP contribution in [0, 0.1) is 12.3 Å². The van der Waals surface area contributed by atoms with Gasteiger partial charge in [-0.2, -0.15) is 8.73 Å². The summed E-state index contributed by atoms with van der Waals surface area (Å²) < 4.78 is 36.6. The average molecular weight is 405 g/mol. The number of amides is 1. The molecule has 0 spiro atoms. The number of anilines is 2. The maximum absolute atomic E-state index is 12.9. The zero-order chi connectivity index (χ0) is 19.8. The van der Waals surface area contributed by atoms with Crippen molar-refractivity contribution in [3.05, 3.63) is 42.0 Å². The second-order valence-corrected chi connectivity index (χ2v) is 9.41. The molecule has 0 saturated carbocycles. The van der Waals surface area contributed by atoms with Gasteiger partial charge in [0.25, 0.3) is 10.0 Å². The van der Waals surface area contributed by atoms with Crippen molar-refractivity contribution in [2.75, 3.05) is 10.0 Å². The highest BCUT2D eigenvalue weighted by atomic mass is 32.2. The molecule has 3 rings (SSSR count). The van der Waals surface area contributed by atoms with Crippen LogP contribution in [0.5, 0.6) is 0 Å². The van der Waals surface area contributed by atoms with Gasteiger partial charge in [0.05, 0.1) is 17.0 Å². The summed E-state index contributed by atoms with van der Waals surface area (Å²) in [5.74, 6) is -0.154. The van der Waals surface area contributed by atoms with Crippen LogP contribution in [0.15, 0.2) is 50.0 Å². The van der Waals surface area contributed by atoms with Gasteiger partial charge < -0.3 is 5.32 Å². The molecular formula is C18H20N4O3S2. The first-order valence-electron chi connectivity index (χ1n) is 8.24. The fourth-order valence-corrected chi connectivity index (χ4v) is 4.22. The van der Waals surface area contributed by atoms with E-state index >= 15 is 0 Å². The summed E-state index contributed by atoms with van der Waals surface area (Å²) in [6, 6.07) is 9.93. The number of fused-ring (bicyclic) bond motifs is 1. The predicted molar refractivity (Wildman–Crippen MR) is 108 cm³/mol. The Labute approximate surface area is 162 Å². The molecule has 1 heterocycles. The molecule has 9 heteroatoms. The number of hydrogen-bond donors (Lipinski definition) is 2. The smallest absolute Gasteiger partial charge is 0.264 e. The zero-order valence-corrected chi connectivity index (χ0v) is 17.0. The van der Waals surface area contributed by atoms with Crippen molar-refractivity contribution in [1.29, 1.82) is 0 Å².